The van der Waals surface area contributed by atoms with Crippen LogP contribution >= 0.6 is 0 Å². The number of carbonyl (C=O) groups is 2. The highest BCUT2D eigenvalue weighted by Crippen LogP contribution is 1.96. The average Bonchev–Trinajstić information content (AvgIpc) is 2.13. The molecule has 5 N–H and O–H groups in total. The fraction of sp³-hybridized carbons (Fsp3) is 0.714. The molecule has 0 saturated carbocycles. The molecule has 0 spiro atoms. The second-order valence-electron chi connectivity index (χ2n) is 2.45. The lowest BCUT2D eigenvalue weighted by atomic mass is 10.1. The molecule has 0 fully saturated rings. The summed E-state index contributed by atoms with van der Waals surface area (Å²) in [5, 5.41) is 2.42. The van der Waals surface area contributed by atoms with Crippen LogP contribution in [0.4, 0.5) is 0 Å². The molecule has 0 aromatic heterocycles. The van der Waals surface area contributed by atoms with Gasteiger partial charge in [0.05, 0.1) is 0 Å². The fourth-order valence-electron chi connectivity index (χ4n) is 0.719. The van der Waals surface area contributed by atoms with E-state index in [1.54, 1.807) is 0 Å². The Hall–Kier alpha value is -1.14. The van der Waals surface area contributed by atoms with Crippen molar-refractivity contribution < 1.29 is 14.3 Å². The van der Waals surface area contributed by atoms with Gasteiger partial charge in [-0.2, -0.15) is 0 Å². The highest BCUT2D eigenvalue weighted by atomic mass is 16.5. The summed E-state index contributed by atoms with van der Waals surface area (Å²) in [6.07, 6.45) is 0.468. The molecule has 0 aliphatic carbocycles. The Labute approximate surface area is 76.6 Å². The topological polar surface area (TPSA) is 107 Å². The number of rotatable bonds is 5. The molecule has 76 valence electrons. The normalized spacial score (nSPS) is 11.9. The predicted molar refractivity (Wildman–Crippen MR) is 46.4 cm³/mol. The minimum atomic E-state index is -0.777. The maximum atomic E-state index is 10.9. The van der Waals surface area contributed by atoms with E-state index in [1.165, 1.54) is 7.05 Å². The van der Waals surface area contributed by atoms with Crippen LogP contribution in [0.2, 0.25) is 0 Å². The summed E-state index contributed by atoms with van der Waals surface area (Å²) in [7, 11) is 1.52. The minimum absolute atomic E-state index is 0.156. The van der Waals surface area contributed by atoms with E-state index in [1.807, 2.05) is 0 Å². The molecule has 0 rings (SSSR count). The van der Waals surface area contributed by atoms with Crippen LogP contribution in [0.25, 0.3) is 0 Å². The van der Waals surface area contributed by atoms with Crippen LogP contribution in [0.15, 0.2) is 0 Å². The number of nitrogens with one attached hydrogen (secondary N) is 1. The molecule has 0 heterocycles. The van der Waals surface area contributed by atoms with Gasteiger partial charge in [0.1, 0.15) is 12.8 Å². The maximum Gasteiger partial charge on any atom is 0.324 e. The third kappa shape index (κ3) is 5.15. The van der Waals surface area contributed by atoms with Crippen LogP contribution < -0.4 is 16.8 Å². The summed E-state index contributed by atoms with van der Waals surface area (Å²) >= 11 is 0. The first-order chi connectivity index (χ1) is 6.11. The molecule has 0 aliphatic heterocycles. The van der Waals surface area contributed by atoms with Crippen LogP contribution in [0.3, 0.4) is 0 Å². The number of carbonyl (C=O) groups excluding carboxylic acids is 2. The van der Waals surface area contributed by atoms with Gasteiger partial charge in [-0.05, 0) is 6.42 Å². The number of hydrogen-bond donors (Lipinski definition) is 3. The Balaban J connectivity index is 3.67. The van der Waals surface area contributed by atoms with Gasteiger partial charge in [0.2, 0.25) is 5.91 Å². The van der Waals surface area contributed by atoms with Gasteiger partial charge >= 0.3 is 5.97 Å². The molecule has 0 radical (unpaired) electrons. The zero-order chi connectivity index (χ0) is 10.3. The van der Waals surface area contributed by atoms with Gasteiger partial charge in [0.25, 0.3) is 0 Å². The first-order valence-corrected chi connectivity index (χ1v) is 3.94. The van der Waals surface area contributed by atoms with E-state index in [9.17, 15) is 9.59 Å². The van der Waals surface area contributed by atoms with Crippen molar-refractivity contribution >= 4 is 11.9 Å². The average molecular weight is 189 g/mol. The third-order valence-electron chi connectivity index (χ3n) is 1.49. The molecule has 1 atom stereocenters. The monoisotopic (exact) mass is 189 g/mol. The van der Waals surface area contributed by atoms with Crippen LogP contribution in [0.5, 0.6) is 0 Å². The van der Waals surface area contributed by atoms with Gasteiger partial charge in [-0.25, -0.2) is 0 Å². The van der Waals surface area contributed by atoms with E-state index in [-0.39, 0.29) is 25.5 Å². The van der Waals surface area contributed by atoms with Gasteiger partial charge in [-0.3, -0.25) is 15.3 Å². The summed E-state index contributed by atoms with van der Waals surface area (Å²) in [6.45, 7) is -0.188. The molecule has 0 saturated heterocycles. The first kappa shape index (κ1) is 11.9. The Morgan fingerprint density at radius 2 is 2.15 bits per heavy atom. The van der Waals surface area contributed by atoms with Crippen molar-refractivity contribution in [2.45, 2.75) is 18.9 Å². The van der Waals surface area contributed by atoms with Crippen LogP contribution in [-0.2, 0) is 14.3 Å². The highest BCUT2D eigenvalue weighted by molar-refractivity contribution is 5.78. The van der Waals surface area contributed by atoms with Crippen molar-refractivity contribution in [3.05, 3.63) is 0 Å². The van der Waals surface area contributed by atoms with Gasteiger partial charge in [0, 0.05) is 13.5 Å². The summed E-state index contributed by atoms with van der Waals surface area (Å²) in [5.74, 6) is -0.734. The molecule has 6 nitrogen and oxygen atoms in total. The molecule has 0 bridgehead atoms. The van der Waals surface area contributed by atoms with Crippen LogP contribution in [0, 0.1) is 0 Å². The molecule has 0 aliphatic rings. The summed E-state index contributed by atoms with van der Waals surface area (Å²) < 4.78 is 4.45. The molecular formula is C7H15N3O3. The number of amides is 1. The smallest absolute Gasteiger partial charge is 0.324 e. The number of hydrogen-bond acceptors (Lipinski definition) is 5. The Morgan fingerprint density at radius 3 is 2.62 bits per heavy atom. The zero-order valence-electron chi connectivity index (χ0n) is 7.58. The van der Waals surface area contributed by atoms with Crippen molar-refractivity contribution in [1.82, 2.24) is 5.32 Å². The minimum Gasteiger partial charge on any atom is -0.449 e. The molecule has 6 heteroatoms. The molecule has 0 aromatic rings. The van der Waals surface area contributed by atoms with Gasteiger partial charge < -0.3 is 15.8 Å². The van der Waals surface area contributed by atoms with E-state index in [4.69, 9.17) is 11.5 Å². The Morgan fingerprint density at radius 1 is 1.54 bits per heavy atom. The summed E-state index contributed by atoms with van der Waals surface area (Å²) in [6, 6.07) is -0.777. The lowest BCUT2D eigenvalue weighted by Crippen LogP contribution is -2.34. The SMILES string of the molecule is CNC(=O)CC[C@H](N)C(=O)OCN. The van der Waals surface area contributed by atoms with Crippen molar-refractivity contribution in [3.63, 3.8) is 0 Å². The van der Waals surface area contributed by atoms with Crippen molar-refractivity contribution in [1.29, 1.82) is 0 Å². The molecule has 1 amide bonds. The lowest BCUT2D eigenvalue weighted by Gasteiger charge is -2.08. The van der Waals surface area contributed by atoms with Crippen molar-refractivity contribution in [3.8, 4) is 0 Å². The van der Waals surface area contributed by atoms with Crippen LogP contribution in [0.1, 0.15) is 12.8 Å². The van der Waals surface area contributed by atoms with E-state index in [0.29, 0.717) is 0 Å². The van der Waals surface area contributed by atoms with E-state index < -0.39 is 12.0 Å². The number of ether oxygens (including phenoxy) is 1. The largest absolute Gasteiger partial charge is 0.449 e. The number of nitrogens with two attached hydrogens (primary N) is 2. The Bertz CT molecular complexity index is 184. The first-order valence-electron chi connectivity index (χ1n) is 3.94. The van der Waals surface area contributed by atoms with Crippen molar-refractivity contribution in [2.75, 3.05) is 13.8 Å². The van der Waals surface area contributed by atoms with E-state index >= 15 is 0 Å². The fourth-order valence-corrected chi connectivity index (χ4v) is 0.719. The molecule has 13 heavy (non-hydrogen) atoms. The quantitative estimate of drug-likeness (QED) is 0.353. The van der Waals surface area contributed by atoms with Gasteiger partial charge in [-0.15, -0.1) is 0 Å². The lowest BCUT2D eigenvalue weighted by molar-refractivity contribution is -0.145. The zero-order valence-corrected chi connectivity index (χ0v) is 7.58. The Kier molecular flexibility index (Phi) is 5.82. The second-order valence-corrected chi connectivity index (χ2v) is 2.45. The van der Waals surface area contributed by atoms with Crippen molar-refractivity contribution in [2.24, 2.45) is 11.5 Å². The second kappa shape index (κ2) is 6.38. The number of esters is 1. The van der Waals surface area contributed by atoms with E-state index in [2.05, 4.69) is 10.1 Å². The highest BCUT2D eigenvalue weighted by Gasteiger charge is 2.15. The predicted octanol–water partition coefficient (Wildman–Crippen LogP) is -1.70. The van der Waals surface area contributed by atoms with Gasteiger partial charge in [0.15, 0.2) is 0 Å². The third-order valence-corrected chi connectivity index (χ3v) is 1.49. The molecule has 0 unspecified atom stereocenters. The maximum absolute atomic E-state index is 10.9. The van der Waals surface area contributed by atoms with Crippen LogP contribution in [-0.4, -0.2) is 31.7 Å². The molecule has 0 aromatic carbocycles. The van der Waals surface area contributed by atoms with Gasteiger partial charge in [-0.1, -0.05) is 0 Å². The summed E-state index contributed by atoms with van der Waals surface area (Å²) in [4.78, 5) is 21.6. The molecular weight excluding hydrogens is 174 g/mol. The summed E-state index contributed by atoms with van der Waals surface area (Å²) in [5.41, 5.74) is 10.4. The standard InChI is InChI=1S/C7H15N3O3/c1-10-6(11)3-2-5(9)7(12)13-4-8/h5H,2-4,8-9H2,1H3,(H,10,11)/t5-/m0/s1. The van der Waals surface area contributed by atoms with E-state index in [0.717, 1.165) is 0 Å².